The van der Waals surface area contributed by atoms with Gasteiger partial charge in [-0.1, -0.05) is 35.9 Å². The third kappa shape index (κ3) is 5.76. The van der Waals surface area contributed by atoms with Gasteiger partial charge in [0.05, 0.1) is 25.4 Å². The SMILES string of the molecule is C=C(Br)CC(CC1=CC(OCC)=CC1(CCC)N(C)C)(C(=O)OCC)C(=O)OCC. The van der Waals surface area contributed by atoms with Gasteiger partial charge in [0.25, 0.3) is 0 Å². The van der Waals surface area contributed by atoms with Crippen LogP contribution in [0.3, 0.4) is 0 Å². The molecule has 1 aliphatic rings. The minimum absolute atomic E-state index is 0.0849. The van der Waals surface area contributed by atoms with Crippen molar-refractivity contribution in [2.45, 2.75) is 58.9 Å². The van der Waals surface area contributed by atoms with Crippen molar-refractivity contribution >= 4 is 27.9 Å². The van der Waals surface area contributed by atoms with Gasteiger partial charge in [0.2, 0.25) is 0 Å². The largest absolute Gasteiger partial charge is 0.494 e. The van der Waals surface area contributed by atoms with Crippen molar-refractivity contribution in [2.24, 2.45) is 5.41 Å². The molecule has 30 heavy (non-hydrogen) atoms. The van der Waals surface area contributed by atoms with E-state index in [4.69, 9.17) is 14.2 Å². The summed E-state index contributed by atoms with van der Waals surface area (Å²) in [7, 11) is 3.99. The van der Waals surface area contributed by atoms with E-state index in [1.807, 2.05) is 27.1 Å². The Bertz CT molecular complexity index is 680. The Morgan fingerprint density at radius 3 is 2.07 bits per heavy atom. The summed E-state index contributed by atoms with van der Waals surface area (Å²) in [5.74, 6) is -0.452. The van der Waals surface area contributed by atoms with Crippen LogP contribution in [-0.2, 0) is 23.8 Å². The lowest BCUT2D eigenvalue weighted by Gasteiger charge is -2.40. The number of allylic oxidation sites excluding steroid dienone is 2. The molecule has 0 heterocycles. The van der Waals surface area contributed by atoms with Crippen molar-refractivity contribution in [3.63, 3.8) is 0 Å². The Morgan fingerprint density at radius 2 is 1.67 bits per heavy atom. The molecule has 0 aliphatic heterocycles. The number of hydrogen-bond acceptors (Lipinski definition) is 6. The number of carbonyl (C=O) groups excluding carboxylic acids is 2. The molecule has 0 bridgehead atoms. The number of likely N-dealkylation sites (N-methyl/N-ethyl adjacent to an activating group) is 1. The molecule has 0 amide bonds. The fourth-order valence-corrected chi connectivity index (χ4v) is 4.48. The van der Waals surface area contributed by atoms with Gasteiger partial charge in [-0.3, -0.25) is 14.5 Å². The molecule has 0 aromatic carbocycles. The average Bonchev–Trinajstić information content (AvgIpc) is 2.99. The van der Waals surface area contributed by atoms with Gasteiger partial charge in [-0.15, -0.1) is 0 Å². The van der Waals surface area contributed by atoms with Crippen LogP contribution < -0.4 is 0 Å². The summed E-state index contributed by atoms with van der Waals surface area (Å²) in [6.07, 6.45) is 6.01. The zero-order valence-electron chi connectivity index (χ0n) is 19.2. The van der Waals surface area contributed by atoms with Gasteiger partial charge in [-0.25, -0.2) is 0 Å². The van der Waals surface area contributed by atoms with E-state index < -0.39 is 22.9 Å². The van der Waals surface area contributed by atoms with E-state index in [1.165, 1.54) is 0 Å². The van der Waals surface area contributed by atoms with E-state index in [9.17, 15) is 9.59 Å². The highest BCUT2D eigenvalue weighted by Crippen LogP contribution is 2.46. The fourth-order valence-electron chi connectivity index (χ4n) is 4.00. The number of halogens is 1. The highest BCUT2D eigenvalue weighted by molar-refractivity contribution is 9.11. The van der Waals surface area contributed by atoms with Crippen molar-refractivity contribution in [1.29, 1.82) is 0 Å². The molecule has 1 unspecified atom stereocenters. The van der Waals surface area contributed by atoms with Crippen LogP contribution in [0.2, 0.25) is 0 Å². The third-order valence-corrected chi connectivity index (χ3v) is 5.59. The summed E-state index contributed by atoms with van der Waals surface area (Å²) in [4.78, 5) is 28.5. The van der Waals surface area contributed by atoms with Gasteiger partial charge in [0.1, 0.15) is 5.76 Å². The van der Waals surface area contributed by atoms with E-state index in [1.54, 1.807) is 13.8 Å². The van der Waals surface area contributed by atoms with Crippen LogP contribution in [0.1, 0.15) is 53.4 Å². The number of rotatable bonds is 13. The number of nitrogens with zero attached hydrogens (tertiary/aromatic N) is 1. The zero-order valence-corrected chi connectivity index (χ0v) is 20.8. The second-order valence-electron chi connectivity index (χ2n) is 7.61. The Balaban J connectivity index is 3.60. The lowest BCUT2D eigenvalue weighted by molar-refractivity contribution is -0.172. The first-order chi connectivity index (χ1) is 14.1. The Labute approximate surface area is 189 Å². The molecule has 0 N–H and O–H groups in total. The Kier molecular flexibility index (Phi) is 10.3. The molecule has 6 nitrogen and oxygen atoms in total. The van der Waals surface area contributed by atoms with Crippen molar-refractivity contribution in [1.82, 2.24) is 4.90 Å². The van der Waals surface area contributed by atoms with Gasteiger partial charge in [-0.2, -0.15) is 0 Å². The van der Waals surface area contributed by atoms with Crippen molar-refractivity contribution < 1.29 is 23.8 Å². The normalized spacial score (nSPS) is 18.7. The topological polar surface area (TPSA) is 65.1 Å². The molecule has 0 aromatic heterocycles. The quantitative estimate of drug-likeness (QED) is 0.277. The van der Waals surface area contributed by atoms with Crippen LogP contribution in [0.25, 0.3) is 0 Å². The predicted octanol–water partition coefficient (Wildman–Crippen LogP) is 4.75. The molecule has 1 atom stereocenters. The molecule has 1 aliphatic carbocycles. The van der Waals surface area contributed by atoms with Gasteiger partial charge in [-0.05, 0) is 69.9 Å². The van der Waals surface area contributed by atoms with Crippen LogP contribution in [0.5, 0.6) is 0 Å². The predicted molar refractivity (Wildman–Crippen MR) is 122 cm³/mol. The Hall–Kier alpha value is -1.60. The van der Waals surface area contributed by atoms with Gasteiger partial charge >= 0.3 is 11.9 Å². The molecule has 0 spiro atoms. The van der Waals surface area contributed by atoms with Gasteiger partial charge in [0.15, 0.2) is 5.41 Å². The van der Waals surface area contributed by atoms with E-state index in [-0.39, 0.29) is 26.1 Å². The average molecular weight is 486 g/mol. The van der Waals surface area contributed by atoms with Crippen LogP contribution in [-0.4, -0.2) is 56.3 Å². The maximum atomic E-state index is 13.2. The van der Waals surface area contributed by atoms with Crippen LogP contribution in [0, 0.1) is 5.41 Å². The second kappa shape index (κ2) is 11.7. The lowest BCUT2D eigenvalue weighted by Crippen LogP contribution is -2.48. The summed E-state index contributed by atoms with van der Waals surface area (Å²) < 4.78 is 17.0. The molecule has 0 aromatic rings. The summed E-state index contributed by atoms with van der Waals surface area (Å²) in [5, 5.41) is 0. The number of carbonyl (C=O) groups is 2. The monoisotopic (exact) mass is 485 g/mol. The first-order valence-corrected chi connectivity index (χ1v) is 11.3. The number of hydrogen-bond donors (Lipinski definition) is 0. The molecule has 0 radical (unpaired) electrons. The zero-order chi connectivity index (χ0) is 22.9. The smallest absolute Gasteiger partial charge is 0.324 e. The lowest BCUT2D eigenvalue weighted by atomic mass is 9.73. The summed E-state index contributed by atoms with van der Waals surface area (Å²) in [6, 6.07) is 0. The molecule has 170 valence electrons. The first kappa shape index (κ1) is 26.4. The first-order valence-electron chi connectivity index (χ1n) is 10.5. The number of esters is 2. The van der Waals surface area contributed by atoms with Gasteiger partial charge in [0, 0.05) is 6.42 Å². The highest BCUT2D eigenvalue weighted by atomic mass is 79.9. The summed E-state index contributed by atoms with van der Waals surface area (Å²) in [6.45, 7) is 12.2. The molecular formula is C23H36BrNO5. The standard InChI is InChI=1S/C23H36BrNO5/c1-8-12-23(25(6)7)16-19(28-9-2)13-18(23)15-22(14-17(5)24,20(26)29-10-3)21(27)30-11-4/h13,16H,5,8-12,14-15H2,1-4,6-7H3. The maximum absolute atomic E-state index is 13.2. The van der Waals surface area contributed by atoms with E-state index >= 15 is 0 Å². The summed E-state index contributed by atoms with van der Waals surface area (Å²) >= 11 is 3.35. The van der Waals surface area contributed by atoms with E-state index in [0.29, 0.717) is 11.1 Å². The third-order valence-electron chi connectivity index (χ3n) is 5.31. The summed E-state index contributed by atoms with van der Waals surface area (Å²) in [5.41, 5.74) is -1.06. The minimum atomic E-state index is -1.52. The Morgan fingerprint density at radius 1 is 1.10 bits per heavy atom. The van der Waals surface area contributed by atoms with Crippen LogP contribution in [0.15, 0.2) is 34.5 Å². The van der Waals surface area contributed by atoms with E-state index in [0.717, 1.165) is 24.2 Å². The van der Waals surface area contributed by atoms with Crippen molar-refractivity contribution in [3.05, 3.63) is 34.5 Å². The van der Waals surface area contributed by atoms with E-state index in [2.05, 4.69) is 40.4 Å². The molecule has 0 saturated heterocycles. The highest BCUT2D eigenvalue weighted by Gasteiger charge is 2.53. The van der Waals surface area contributed by atoms with Crippen LogP contribution in [0.4, 0.5) is 0 Å². The molecule has 0 fully saturated rings. The fraction of sp³-hybridized carbons (Fsp3) is 0.652. The van der Waals surface area contributed by atoms with Crippen LogP contribution >= 0.6 is 15.9 Å². The second-order valence-corrected chi connectivity index (χ2v) is 8.73. The van der Waals surface area contributed by atoms with Crippen molar-refractivity contribution in [3.8, 4) is 0 Å². The molecule has 7 heteroatoms. The molecule has 1 rings (SSSR count). The van der Waals surface area contributed by atoms with Gasteiger partial charge < -0.3 is 14.2 Å². The number of ether oxygens (including phenoxy) is 3. The molecular weight excluding hydrogens is 450 g/mol. The minimum Gasteiger partial charge on any atom is -0.494 e. The molecule has 0 saturated carbocycles. The maximum Gasteiger partial charge on any atom is 0.324 e. The van der Waals surface area contributed by atoms with Crippen molar-refractivity contribution in [2.75, 3.05) is 33.9 Å².